The van der Waals surface area contributed by atoms with Gasteiger partial charge >= 0.3 is 0 Å². The number of halogens is 1. The summed E-state index contributed by atoms with van der Waals surface area (Å²) in [5.74, 6) is 0.0427. The van der Waals surface area contributed by atoms with Crippen LogP contribution in [-0.4, -0.2) is 11.9 Å². The summed E-state index contributed by atoms with van der Waals surface area (Å²) in [6, 6.07) is 22.6. The first kappa shape index (κ1) is 19.0. The van der Waals surface area contributed by atoms with Gasteiger partial charge in [0.05, 0.1) is 5.39 Å². The van der Waals surface area contributed by atoms with Crippen molar-refractivity contribution in [2.45, 2.75) is 13.0 Å². The lowest BCUT2D eigenvalue weighted by atomic mass is 10.1. The van der Waals surface area contributed by atoms with E-state index in [-0.39, 0.29) is 22.7 Å². The highest BCUT2D eigenvalue weighted by Gasteiger charge is 2.23. The number of rotatable bonds is 5. The monoisotopic (exact) mass is 404 g/mol. The number of ether oxygens (including phenoxy) is 1. The maximum Gasteiger partial charge on any atom is 0.235 e. The summed E-state index contributed by atoms with van der Waals surface area (Å²) in [6.07, 6.45) is -0.868. The minimum atomic E-state index is -0.868. The van der Waals surface area contributed by atoms with Crippen molar-refractivity contribution in [2.24, 2.45) is 0 Å². The van der Waals surface area contributed by atoms with Gasteiger partial charge in [-0.15, -0.1) is 0 Å². The van der Waals surface area contributed by atoms with Gasteiger partial charge in [-0.1, -0.05) is 54.1 Å². The zero-order valence-electron chi connectivity index (χ0n) is 15.6. The summed E-state index contributed by atoms with van der Waals surface area (Å²) in [4.78, 5) is 25.9. The lowest BCUT2D eigenvalue weighted by Crippen LogP contribution is -2.26. The van der Waals surface area contributed by atoms with Crippen LogP contribution in [0.25, 0.3) is 22.3 Å². The molecular weight excluding hydrogens is 388 g/mol. The average Bonchev–Trinajstić information content (AvgIpc) is 2.76. The normalized spacial score (nSPS) is 11.9. The van der Waals surface area contributed by atoms with Crippen LogP contribution in [0.2, 0.25) is 5.02 Å². The molecule has 0 bridgehead atoms. The fourth-order valence-corrected chi connectivity index (χ4v) is 3.22. The second-order valence-corrected chi connectivity index (χ2v) is 7.02. The summed E-state index contributed by atoms with van der Waals surface area (Å²) in [5, 5.41) is 0.951. The zero-order chi connectivity index (χ0) is 20.4. The number of carbonyl (C=O) groups is 1. The van der Waals surface area contributed by atoms with Gasteiger partial charge in [-0.25, -0.2) is 0 Å². The third kappa shape index (κ3) is 3.80. The van der Waals surface area contributed by atoms with E-state index in [1.165, 1.54) is 0 Å². The van der Waals surface area contributed by atoms with Gasteiger partial charge in [-0.2, -0.15) is 0 Å². The molecule has 4 rings (SSSR count). The predicted molar refractivity (Wildman–Crippen MR) is 114 cm³/mol. The fraction of sp³-hybridized carbons (Fsp3) is 0.0833. The Morgan fingerprint density at radius 3 is 2.31 bits per heavy atom. The summed E-state index contributed by atoms with van der Waals surface area (Å²) in [6.45, 7) is 1.62. The molecule has 4 aromatic rings. The first-order chi connectivity index (χ1) is 14.0. The Kier molecular flexibility index (Phi) is 5.19. The zero-order valence-corrected chi connectivity index (χ0v) is 16.3. The second kappa shape index (κ2) is 7.94. The van der Waals surface area contributed by atoms with Crippen molar-refractivity contribution in [2.75, 3.05) is 0 Å². The van der Waals surface area contributed by atoms with Gasteiger partial charge in [0.1, 0.15) is 5.58 Å². The van der Waals surface area contributed by atoms with Gasteiger partial charge in [-0.05, 0) is 43.3 Å². The Labute approximate surface area is 172 Å². The highest BCUT2D eigenvalue weighted by Crippen LogP contribution is 2.32. The summed E-state index contributed by atoms with van der Waals surface area (Å²) in [5.41, 5.74) is 1.26. The molecule has 4 nitrogen and oxygen atoms in total. The molecule has 1 unspecified atom stereocenters. The average molecular weight is 405 g/mol. The number of Topliss-reactive ketones (excluding diaryl/α,β-unsaturated/α-hetero) is 1. The standard InChI is InChI=1S/C24H17ClO4/c1-15(21(26)16-7-3-2-4-8-16)28-24-22(27)19-9-5-6-10-20(19)29-23(24)17-11-13-18(25)14-12-17/h2-15H,1H3. The summed E-state index contributed by atoms with van der Waals surface area (Å²) >= 11 is 5.99. The highest BCUT2D eigenvalue weighted by atomic mass is 35.5. The quantitative estimate of drug-likeness (QED) is 0.396. The molecule has 29 heavy (non-hydrogen) atoms. The number of para-hydroxylation sites is 1. The number of benzene rings is 3. The molecule has 0 N–H and O–H groups in total. The smallest absolute Gasteiger partial charge is 0.235 e. The third-order valence-electron chi connectivity index (χ3n) is 4.58. The molecule has 0 saturated carbocycles. The topological polar surface area (TPSA) is 56.5 Å². The van der Waals surface area contributed by atoms with Crippen molar-refractivity contribution in [3.05, 3.63) is 99.7 Å². The van der Waals surface area contributed by atoms with Crippen LogP contribution in [0.1, 0.15) is 17.3 Å². The van der Waals surface area contributed by atoms with Gasteiger partial charge in [0, 0.05) is 16.1 Å². The van der Waals surface area contributed by atoms with E-state index in [9.17, 15) is 9.59 Å². The molecule has 144 valence electrons. The van der Waals surface area contributed by atoms with Crippen LogP contribution in [-0.2, 0) is 0 Å². The minimum Gasteiger partial charge on any atom is -0.475 e. The largest absolute Gasteiger partial charge is 0.475 e. The lowest BCUT2D eigenvalue weighted by molar-refractivity contribution is 0.0815. The van der Waals surface area contributed by atoms with E-state index in [0.717, 1.165) is 0 Å². The predicted octanol–water partition coefficient (Wildman–Crippen LogP) is 5.76. The minimum absolute atomic E-state index is 0.00260. The SMILES string of the molecule is CC(Oc1c(-c2ccc(Cl)cc2)oc2ccccc2c1=O)C(=O)c1ccccc1. The van der Waals surface area contributed by atoms with Crippen molar-refractivity contribution in [3.8, 4) is 17.1 Å². The van der Waals surface area contributed by atoms with Crippen LogP contribution < -0.4 is 10.2 Å². The third-order valence-corrected chi connectivity index (χ3v) is 4.84. The molecule has 0 radical (unpaired) electrons. The fourth-order valence-electron chi connectivity index (χ4n) is 3.09. The van der Waals surface area contributed by atoms with Crippen LogP contribution in [0, 0.1) is 0 Å². The summed E-state index contributed by atoms with van der Waals surface area (Å²) < 4.78 is 11.9. The van der Waals surface area contributed by atoms with E-state index >= 15 is 0 Å². The van der Waals surface area contributed by atoms with Crippen LogP contribution >= 0.6 is 11.6 Å². The van der Waals surface area contributed by atoms with E-state index in [2.05, 4.69) is 0 Å². The number of carbonyl (C=O) groups excluding carboxylic acids is 1. The van der Waals surface area contributed by atoms with Crippen LogP contribution in [0.5, 0.6) is 5.75 Å². The number of fused-ring (bicyclic) bond motifs is 1. The second-order valence-electron chi connectivity index (χ2n) is 6.58. The van der Waals surface area contributed by atoms with E-state index in [0.29, 0.717) is 27.1 Å². The highest BCUT2D eigenvalue weighted by molar-refractivity contribution is 6.30. The van der Waals surface area contributed by atoms with Gasteiger partial charge in [0.25, 0.3) is 0 Å². The van der Waals surface area contributed by atoms with E-state index < -0.39 is 6.10 Å². The van der Waals surface area contributed by atoms with Gasteiger partial charge in [0.15, 0.2) is 11.9 Å². The number of ketones is 1. The molecule has 0 fully saturated rings. The first-order valence-corrected chi connectivity index (χ1v) is 9.50. The van der Waals surface area contributed by atoms with Crippen LogP contribution in [0.4, 0.5) is 0 Å². The maximum atomic E-state index is 13.2. The van der Waals surface area contributed by atoms with Crippen LogP contribution in [0.15, 0.2) is 88.1 Å². The van der Waals surface area contributed by atoms with E-state index in [1.807, 2.05) is 6.07 Å². The van der Waals surface area contributed by atoms with Crippen molar-refractivity contribution in [1.82, 2.24) is 0 Å². The van der Waals surface area contributed by atoms with Crippen molar-refractivity contribution >= 4 is 28.4 Å². The molecule has 0 spiro atoms. The molecule has 0 aliphatic carbocycles. The Hall–Kier alpha value is -3.37. The summed E-state index contributed by atoms with van der Waals surface area (Å²) in [7, 11) is 0. The molecule has 5 heteroatoms. The molecule has 0 aliphatic rings. The Balaban J connectivity index is 1.82. The van der Waals surface area contributed by atoms with Crippen molar-refractivity contribution in [3.63, 3.8) is 0 Å². The Morgan fingerprint density at radius 2 is 1.59 bits per heavy atom. The number of hydrogen-bond donors (Lipinski definition) is 0. The van der Waals surface area contributed by atoms with Gasteiger partial charge in [-0.3, -0.25) is 9.59 Å². The molecule has 0 aliphatic heterocycles. The van der Waals surface area contributed by atoms with Crippen LogP contribution in [0.3, 0.4) is 0 Å². The molecule has 1 aromatic heterocycles. The first-order valence-electron chi connectivity index (χ1n) is 9.12. The molecular formula is C24H17ClO4. The Bertz CT molecular complexity index is 1230. The Morgan fingerprint density at radius 1 is 0.931 bits per heavy atom. The van der Waals surface area contributed by atoms with Crippen molar-refractivity contribution < 1.29 is 13.9 Å². The van der Waals surface area contributed by atoms with Gasteiger partial charge < -0.3 is 9.15 Å². The molecule has 1 heterocycles. The van der Waals surface area contributed by atoms with Gasteiger partial charge in [0.2, 0.25) is 17.0 Å². The maximum absolute atomic E-state index is 13.2. The lowest BCUT2D eigenvalue weighted by Gasteiger charge is -2.16. The molecule has 3 aromatic carbocycles. The molecule has 0 amide bonds. The molecule has 1 atom stereocenters. The van der Waals surface area contributed by atoms with E-state index in [1.54, 1.807) is 79.7 Å². The number of hydrogen-bond acceptors (Lipinski definition) is 4. The molecule has 0 saturated heterocycles. The van der Waals surface area contributed by atoms with Crippen molar-refractivity contribution in [1.29, 1.82) is 0 Å². The van der Waals surface area contributed by atoms with E-state index in [4.69, 9.17) is 20.8 Å².